The van der Waals surface area contributed by atoms with E-state index in [2.05, 4.69) is 5.32 Å². The second-order valence-corrected chi connectivity index (χ2v) is 6.14. The molecule has 1 saturated carbocycles. The maximum atomic E-state index is 13.6. The molecule has 1 fully saturated rings. The summed E-state index contributed by atoms with van der Waals surface area (Å²) in [7, 11) is 0. The largest absolute Gasteiger partial charge is 1.00 e. The third-order valence-corrected chi connectivity index (χ3v) is 2.68. The van der Waals surface area contributed by atoms with Gasteiger partial charge in [-0.2, -0.15) is 0 Å². The number of hydrogen-bond acceptors (Lipinski definition) is 2. The maximum Gasteiger partial charge on any atom is 1.00 e. The molecule has 0 saturated heterocycles. The van der Waals surface area contributed by atoms with Gasteiger partial charge in [0.1, 0.15) is 11.3 Å². The Bertz CT molecular complexity index is 335. The average Bonchev–Trinajstić information content (AvgIpc) is 2.74. The van der Waals surface area contributed by atoms with E-state index in [1.54, 1.807) is 20.8 Å². The Morgan fingerprint density at radius 3 is 2.20 bits per heavy atom. The van der Waals surface area contributed by atoms with Crippen LogP contribution in [0.3, 0.4) is 0 Å². The van der Waals surface area contributed by atoms with Crippen molar-refractivity contribution in [3.05, 3.63) is 0 Å². The monoisotopic (exact) mass is 323 g/mol. The van der Waals surface area contributed by atoms with Gasteiger partial charge in [-0.15, -0.1) is 0 Å². The first-order valence-corrected chi connectivity index (χ1v) is 6.28. The first kappa shape index (κ1) is 20.7. The van der Waals surface area contributed by atoms with E-state index >= 15 is 0 Å². The van der Waals surface area contributed by atoms with Crippen LogP contribution in [0.2, 0.25) is 6.32 Å². The quantitative estimate of drug-likeness (QED) is 0.595. The van der Waals surface area contributed by atoms with Crippen molar-refractivity contribution in [2.45, 2.75) is 63.7 Å². The van der Waals surface area contributed by atoms with Gasteiger partial charge in [0, 0.05) is 6.04 Å². The van der Waals surface area contributed by atoms with Crippen molar-refractivity contribution in [1.29, 1.82) is 0 Å². The van der Waals surface area contributed by atoms with Gasteiger partial charge in [0.05, 0.1) is 0 Å². The van der Waals surface area contributed by atoms with Gasteiger partial charge in [0.15, 0.2) is 0 Å². The van der Waals surface area contributed by atoms with E-state index in [1.807, 2.05) is 0 Å². The van der Waals surface area contributed by atoms with Crippen molar-refractivity contribution >= 4 is 13.1 Å². The minimum Gasteiger partial charge on any atom is -0.449 e. The molecule has 1 amide bonds. The molecule has 1 rings (SSSR count). The third-order valence-electron chi connectivity index (χ3n) is 2.68. The summed E-state index contributed by atoms with van der Waals surface area (Å²) in [6, 6.07) is -1.26. The molecule has 1 N–H and O–H groups in total. The SMILES string of the molecule is CC(C)(C)OC(=O)NC(C[B-](F)(F)F)CC1(F)CC1.[K+]. The number of alkyl halides is 1. The average molecular weight is 323 g/mol. The number of nitrogens with one attached hydrogen (secondary N) is 1. The van der Waals surface area contributed by atoms with Crippen LogP contribution in [-0.2, 0) is 4.74 Å². The molecule has 1 aliphatic rings. The van der Waals surface area contributed by atoms with E-state index in [9.17, 15) is 22.1 Å². The van der Waals surface area contributed by atoms with Crippen molar-refractivity contribution in [2.24, 2.45) is 0 Å². The van der Waals surface area contributed by atoms with Crippen molar-refractivity contribution in [3.63, 3.8) is 0 Å². The van der Waals surface area contributed by atoms with E-state index in [-0.39, 0.29) is 70.6 Å². The van der Waals surface area contributed by atoms with Crippen molar-refractivity contribution in [1.82, 2.24) is 5.32 Å². The maximum absolute atomic E-state index is 13.6. The summed E-state index contributed by atoms with van der Waals surface area (Å²) in [5.41, 5.74) is -2.36. The molecule has 0 aromatic rings. The normalized spacial score (nSPS) is 18.8. The summed E-state index contributed by atoms with van der Waals surface area (Å²) in [6.45, 7) is -0.272. The molecule has 1 unspecified atom stereocenters. The van der Waals surface area contributed by atoms with Crippen LogP contribution in [0.1, 0.15) is 40.0 Å². The summed E-state index contributed by atoms with van der Waals surface area (Å²) >= 11 is 0. The van der Waals surface area contributed by atoms with Gasteiger partial charge >= 0.3 is 64.5 Å². The van der Waals surface area contributed by atoms with Crippen LogP contribution in [0.25, 0.3) is 0 Å². The predicted octanol–water partition coefficient (Wildman–Crippen LogP) is 0.623. The molecule has 0 heterocycles. The predicted molar refractivity (Wildman–Crippen MR) is 64.7 cm³/mol. The summed E-state index contributed by atoms with van der Waals surface area (Å²) in [4.78, 5) is 11.4. The number of amides is 1. The van der Waals surface area contributed by atoms with Crippen molar-refractivity contribution < 1.29 is 78.3 Å². The van der Waals surface area contributed by atoms with E-state index in [0.29, 0.717) is 0 Å². The molecule has 0 spiro atoms. The molecule has 1 aliphatic carbocycles. The molecule has 0 aromatic heterocycles. The van der Waals surface area contributed by atoms with E-state index in [0.717, 1.165) is 0 Å². The molecule has 0 aliphatic heterocycles. The topological polar surface area (TPSA) is 38.3 Å². The van der Waals surface area contributed by atoms with Gasteiger partial charge in [-0.25, -0.2) is 9.18 Å². The smallest absolute Gasteiger partial charge is 0.449 e. The van der Waals surface area contributed by atoms with Gasteiger partial charge in [0.2, 0.25) is 0 Å². The molecule has 0 bridgehead atoms. The number of halogens is 4. The standard InChI is InChI=1S/C11H19BF4NO2.K/c1-10(2,3)19-9(18)17-8(7-12(14,15)16)6-11(13)4-5-11;/h8H,4-7H2,1-3H3,(H,17,18);/q-1;+1. The van der Waals surface area contributed by atoms with E-state index in [4.69, 9.17) is 4.74 Å². The van der Waals surface area contributed by atoms with Crippen LogP contribution in [0.5, 0.6) is 0 Å². The van der Waals surface area contributed by atoms with Gasteiger partial charge in [-0.3, -0.25) is 0 Å². The Balaban J connectivity index is 0.00000361. The van der Waals surface area contributed by atoms with Crippen LogP contribution in [0, 0.1) is 0 Å². The zero-order valence-electron chi connectivity index (χ0n) is 12.3. The second kappa shape index (κ2) is 7.30. The van der Waals surface area contributed by atoms with Gasteiger partial charge < -0.3 is 23.0 Å². The number of carbonyl (C=O) groups excluding carboxylic acids is 1. The number of ether oxygens (including phenoxy) is 1. The molecular weight excluding hydrogens is 304 g/mol. The fraction of sp³-hybridized carbons (Fsp3) is 0.909. The van der Waals surface area contributed by atoms with Crippen LogP contribution < -0.4 is 56.7 Å². The van der Waals surface area contributed by atoms with Crippen LogP contribution in [0.4, 0.5) is 22.1 Å². The number of rotatable bonds is 5. The van der Waals surface area contributed by atoms with Crippen molar-refractivity contribution in [3.8, 4) is 0 Å². The van der Waals surface area contributed by atoms with E-state index < -0.39 is 36.7 Å². The Labute approximate surface area is 159 Å². The summed E-state index contributed by atoms with van der Waals surface area (Å²) in [5, 5.41) is 2.12. The molecule has 112 valence electrons. The molecule has 0 radical (unpaired) electrons. The van der Waals surface area contributed by atoms with Crippen LogP contribution >= 0.6 is 0 Å². The summed E-state index contributed by atoms with van der Waals surface area (Å²) in [6.07, 6.45) is -1.94. The second-order valence-electron chi connectivity index (χ2n) is 6.14. The van der Waals surface area contributed by atoms with E-state index in [1.165, 1.54) is 0 Å². The Hall–Kier alpha value is 0.691. The van der Waals surface area contributed by atoms with Gasteiger partial charge in [0.25, 0.3) is 0 Å². The van der Waals surface area contributed by atoms with Crippen LogP contribution in [-0.4, -0.2) is 30.4 Å². The molecule has 0 aromatic carbocycles. The van der Waals surface area contributed by atoms with Gasteiger partial charge in [-0.1, -0.05) is 6.32 Å². The fourth-order valence-corrected chi connectivity index (χ4v) is 1.77. The molecule has 3 nitrogen and oxygen atoms in total. The van der Waals surface area contributed by atoms with Gasteiger partial charge in [-0.05, 0) is 40.0 Å². The Morgan fingerprint density at radius 1 is 1.35 bits per heavy atom. The number of alkyl carbamates (subject to hydrolysis) is 1. The van der Waals surface area contributed by atoms with Crippen molar-refractivity contribution in [2.75, 3.05) is 0 Å². The fourth-order valence-electron chi connectivity index (χ4n) is 1.77. The summed E-state index contributed by atoms with van der Waals surface area (Å²) < 4.78 is 55.8. The number of carbonyl (C=O) groups is 1. The minimum atomic E-state index is -5.08. The zero-order chi connectivity index (χ0) is 14.9. The third kappa shape index (κ3) is 9.60. The minimum absolute atomic E-state index is 0. The molecule has 20 heavy (non-hydrogen) atoms. The molecular formula is C11H19BF4KNO2. The summed E-state index contributed by atoms with van der Waals surface area (Å²) in [5.74, 6) is 0. The Morgan fingerprint density at radius 2 is 1.85 bits per heavy atom. The Kier molecular flexibility index (Phi) is 7.56. The molecule has 9 heteroatoms. The first-order valence-electron chi connectivity index (χ1n) is 6.28. The van der Waals surface area contributed by atoms with Crippen LogP contribution in [0.15, 0.2) is 0 Å². The first-order chi connectivity index (χ1) is 8.39. The zero-order valence-corrected chi connectivity index (χ0v) is 15.4. The number of hydrogen-bond donors (Lipinski definition) is 1. The molecule has 1 atom stereocenters.